The lowest BCUT2D eigenvalue weighted by Crippen LogP contribution is -2.51. The Morgan fingerprint density at radius 3 is 3.06 bits per heavy atom. The third-order valence-electron chi connectivity index (χ3n) is 2.53. The number of carbonyl (C=O) groups excluding carboxylic acids is 1. The molecule has 0 saturated carbocycles. The summed E-state index contributed by atoms with van der Waals surface area (Å²) in [5.41, 5.74) is -0.339. The molecule has 0 aliphatic carbocycles. The lowest BCUT2D eigenvalue weighted by Gasteiger charge is -2.34. The SMILES string of the molecule is COC(=O)C1(C)COc2ccc(O)cc2N1. The first-order valence-corrected chi connectivity index (χ1v) is 4.87. The van der Waals surface area contributed by atoms with Crippen molar-refractivity contribution >= 4 is 11.7 Å². The smallest absolute Gasteiger partial charge is 0.334 e. The fourth-order valence-corrected chi connectivity index (χ4v) is 1.63. The van der Waals surface area contributed by atoms with Crippen LogP contribution in [0.3, 0.4) is 0 Å². The molecule has 0 fully saturated rings. The molecule has 16 heavy (non-hydrogen) atoms. The first-order valence-electron chi connectivity index (χ1n) is 4.87. The molecular formula is C11H13NO4. The molecule has 1 aliphatic heterocycles. The largest absolute Gasteiger partial charge is 0.508 e. The Balaban J connectivity index is 2.32. The van der Waals surface area contributed by atoms with Crippen LogP contribution in [-0.4, -0.2) is 30.3 Å². The van der Waals surface area contributed by atoms with Crippen molar-refractivity contribution in [1.29, 1.82) is 0 Å². The van der Waals surface area contributed by atoms with E-state index < -0.39 is 11.5 Å². The molecule has 0 spiro atoms. The number of phenols is 1. The van der Waals surface area contributed by atoms with Crippen LogP contribution < -0.4 is 10.1 Å². The molecule has 2 N–H and O–H groups in total. The van der Waals surface area contributed by atoms with E-state index in [1.807, 2.05) is 0 Å². The van der Waals surface area contributed by atoms with Gasteiger partial charge < -0.3 is 19.9 Å². The zero-order valence-electron chi connectivity index (χ0n) is 9.11. The number of hydrogen-bond acceptors (Lipinski definition) is 5. The topological polar surface area (TPSA) is 67.8 Å². The lowest BCUT2D eigenvalue weighted by atomic mass is 10.0. The molecule has 2 rings (SSSR count). The van der Waals surface area contributed by atoms with Crippen LogP contribution >= 0.6 is 0 Å². The van der Waals surface area contributed by atoms with Crippen LogP contribution in [0.1, 0.15) is 6.92 Å². The van der Waals surface area contributed by atoms with Crippen molar-refractivity contribution in [2.45, 2.75) is 12.5 Å². The minimum absolute atomic E-state index is 0.115. The van der Waals surface area contributed by atoms with Crippen LogP contribution in [-0.2, 0) is 9.53 Å². The molecule has 1 unspecified atom stereocenters. The van der Waals surface area contributed by atoms with Gasteiger partial charge in [0, 0.05) is 6.07 Å². The molecule has 0 aromatic heterocycles. The van der Waals surface area contributed by atoms with Gasteiger partial charge in [-0.05, 0) is 19.1 Å². The van der Waals surface area contributed by atoms with Gasteiger partial charge in [-0.3, -0.25) is 0 Å². The number of ether oxygens (including phenoxy) is 2. The fraction of sp³-hybridized carbons (Fsp3) is 0.364. The van der Waals surface area contributed by atoms with E-state index in [2.05, 4.69) is 5.32 Å². The maximum Gasteiger partial charge on any atom is 0.334 e. The van der Waals surface area contributed by atoms with Gasteiger partial charge >= 0.3 is 5.97 Å². The second-order valence-corrected chi connectivity index (χ2v) is 3.92. The minimum atomic E-state index is -0.921. The number of fused-ring (bicyclic) bond motifs is 1. The van der Waals surface area contributed by atoms with Crippen LogP contribution in [0.25, 0.3) is 0 Å². The summed E-state index contributed by atoms with van der Waals surface area (Å²) in [4.78, 5) is 11.6. The van der Waals surface area contributed by atoms with Gasteiger partial charge in [0.05, 0.1) is 12.8 Å². The third-order valence-corrected chi connectivity index (χ3v) is 2.53. The van der Waals surface area contributed by atoms with Gasteiger partial charge in [-0.1, -0.05) is 0 Å². The summed E-state index contributed by atoms with van der Waals surface area (Å²) < 4.78 is 10.1. The van der Waals surface area contributed by atoms with Gasteiger partial charge in [-0.15, -0.1) is 0 Å². The van der Waals surface area contributed by atoms with Gasteiger partial charge in [0.25, 0.3) is 0 Å². The summed E-state index contributed by atoms with van der Waals surface area (Å²) in [7, 11) is 1.33. The number of rotatable bonds is 1. The minimum Gasteiger partial charge on any atom is -0.508 e. The van der Waals surface area contributed by atoms with Crippen molar-refractivity contribution in [3.8, 4) is 11.5 Å². The monoisotopic (exact) mass is 223 g/mol. The number of aromatic hydroxyl groups is 1. The molecule has 0 bridgehead atoms. The number of benzene rings is 1. The Morgan fingerprint density at radius 2 is 2.38 bits per heavy atom. The van der Waals surface area contributed by atoms with Crippen LogP contribution in [0, 0.1) is 0 Å². The molecule has 5 nitrogen and oxygen atoms in total. The Kier molecular flexibility index (Phi) is 2.38. The number of carbonyl (C=O) groups is 1. The second kappa shape index (κ2) is 3.59. The zero-order valence-corrected chi connectivity index (χ0v) is 9.11. The Labute approximate surface area is 93.0 Å². The zero-order chi connectivity index (χ0) is 11.8. The number of methoxy groups -OCH3 is 1. The van der Waals surface area contributed by atoms with Gasteiger partial charge in [-0.2, -0.15) is 0 Å². The van der Waals surface area contributed by atoms with Gasteiger partial charge in [0.1, 0.15) is 18.1 Å². The van der Waals surface area contributed by atoms with E-state index in [1.165, 1.54) is 19.2 Å². The highest BCUT2D eigenvalue weighted by Crippen LogP contribution is 2.35. The molecule has 1 aromatic carbocycles. The van der Waals surface area contributed by atoms with E-state index in [0.29, 0.717) is 11.4 Å². The fourth-order valence-electron chi connectivity index (χ4n) is 1.63. The van der Waals surface area contributed by atoms with Crippen molar-refractivity contribution in [2.24, 2.45) is 0 Å². The summed E-state index contributed by atoms with van der Waals surface area (Å²) in [6.45, 7) is 1.88. The standard InChI is InChI=1S/C11H13NO4/c1-11(10(14)15-2)6-16-9-4-3-7(13)5-8(9)12-11/h3-5,12-13H,6H2,1-2H3. The van der Waals surface area contributed by atoms with Crippen LogP contribution in [0.2, 0.25) is 0 Å². The van der Waals surface area contributed by atoms with E-state index in [1.54, 1.807) is 13.0 Å². The van der Waals surface area contributed by atoms with Crippen LogP contribution in [0.5, 0.6) is 11.5 Å². The normalized spacial score (nSPS) is 22.6. The van der Waals surface area contributed by atoms with Crippen molar-refractivity contribution < 1.29 is 19.4 Å². The van der Waals surface area contributed by atoms with E-state index in [-0.39, 0.29) is 12.4 Å². The predicted octanol–water partition coefficient (Wildman–Crippen LogP) is 1.13. The molecule has 1 heterocycles. The van der Waals surface area contributed by atoms with E-state index in [4.69, 9.17) is 9.47 Å². The summed E-state index contributed by atoms with van der Waals surface area (Å²) >= 11 is 0. The average molecular weight is 223 g/mol. The highest BCUT2D eigenvalue weighted by molar-refractivity contribution is 5.86. The van der Waals surface area contributed by atoms with Gasteiger partial charge in [-0.25, -0.2) is 4.79 Å². The first kappa shape index (κ1) is 10.6. The van der Waals surface area contributed by atoms with Crippen LogP contribution in [0.4, 0.5) is 5.69 Å². The first-order chi connectivity index (χ1) is 7.55. The average Bonchev–Trinajstić information content (AvgIpc) is 2.27. The van der Waals surface area contributed by atoms with E-state index in [9.17, 15) is 9.90 Å². The summed E-state index contributed by atoms with van der Waals surface area (Å²) in [6, 6.07) is 4.69. The number of anilines is 1. The maximum absolute atomic E-state index is 11.6. The molecule has 0 amide bonds. The number of hydrogen-bond donors (Lipinski definition) is 2. The van der Waals surface area contributed by atoms with Gasteiger partial charge in [0.15, 0.2) is 5.54 Å². The van der Waals surface area contributed by atoms with Crippen LogP contribution in [0.15, 0.2) is 18.2 Å². The molecular weight excluding hydrogens is 210 g/mol. The highest BCUT2D eigenvalue weighted by atomic mass is 16.5. The lowest BCUT2D eigenvalue weighted by molar-refractivity contribution is -0.146. The highest BCUT2D eigenvalue weighted by Gasteiger charge is 2.39. The predicted molar refractivity (Wildman–Crippen MR) is 57.6 cm³/mol. The summed E-state index contributed by atoms with van der Waals surface area (Å²) in [5, 5.41) is 12.3. The molecule has 86 valence electrons. The molecule has 0 saturated heterocycles. The Hall–Kier alpha value is -1.91. The number of nitrogens with one attached hydrogen (secondary N) is 1. The molecule has 1 aliphatic rings. The number of esters is 1. The molecule has 1 atom stereocenters. The maximum atomic E-state index is 11.6. The third kappa shape index (κ3) is 1.64. The summed E-state index contributed by atoms with van der Waals surface area (Å²) in [6.07, 6.45) is 0. The Morgan fingerprint density at radius 1 is 1.62 bits per heavy atom. The molecule has 5 heteroatoms. The number of phenolic OH excluding ortho intramolecular Hbond substituents is 1. The van der Waals surface area contributed by atoms with Gasteiger partial charge in [0.2, 0.25) is 0 Å². The van der Waals surface area contributed by atoms with Crippen molar-refractivity contribution in [3.05, 3.63) is 18.2 Å². The Bertz CT molecular complexity index is 432. The second-order valence-electron chi connectivity index (χ2n) is 3.92. The molecule has 1 aromatic rings. The van der Waals surface area contributed by atoms with Crippen molar-refractivity contribution in [2.75, 3.05) is 19.0 Å². The van der Waals surface area contributed by atoms with Crippen molar-refractivity contribution in [3.63, 3.8) is 0 Å². The molecule has 0 radical (unpaired) electrons. The van der Waals surface area contributed by atoms with Crippen molar-refractivity contribution in [1.82, 2.24) is 0 Å². The van der Waals surface area contributed by atoms with E-state index >= 15 is 0 Å². The van der Waals surface area contributed by atoms with E-state index in [0.717, 1.165) is 0 Å². The summed E-state index contributed by atoms with van der Waals surface area (Å²) in [5.74, 6) is 0.324. The quantitative estimate of drug-likeness (QED) is 0.698.